The van der Waals surface area contributed by atoms with Gasteiger partial charge in [-0.15, -0.1) is 0 Å². The van der Waals surface area contributed by atoms with Crippen LogP contribution in [0.2, 0.25) is 0 Å². The van der Waals surface area contributed by atoms with Crippen molar-refractivity contribution < 1.29 is 22.7 Å². The highest BCUT2D eigenvalue weighted by molar-refractivity contribution is 5.93. The van der Waals surface area contributed by atoms with Crippen LogP contribution in [0.25, 0.3) is 5.69 Å². The van der Waals surface area contributed by atoms with Gasteiger partial charge in [0.25, 0.3) is 0 Å². The number of carbonyl (C=O) groups is 1. The van der Waals surface area contributed by atoms with Crippen LogP contribution in [0.3, 0.4) is 0 Å². The van der Waals surface area contributed by atoms with Crippen LogP contribution in [0.15, 0.2) is 60.9 Å². The molecule has 8 heteroatoms. The summed E-state index contributed by atoms with van der Waals surface area (Å²) >= 11 is 0. The summed E-state index contributed by atoms with van der Waals surface area (Å²) in [7, 11) is 0. The molecule has 0 spiro atoms. The molecule has 0 saturated carbocycles. The van der Waals surface area contributed by atoms with Gasteiger partial charge >= 0.3 is 6.18 Å². The smallest absolute Gasteiger partial charge is 0.373 e. The molecular weight excluding hydrogens is 383 g/mol. The largest absolute Gasteiger partial charge is 0.416 e. The number of fused-ring (bicyclic) bond motifs is 1. The quantitative estimate of drug-likeness (QED) is 0.699. The first-order valence-electron chi connectivity index (χ1n) is 9.12. The molecule has 0 radical (unpaired) electrons. The SMILES string of the molecule is O=C(C[C@@H]1OCCc2ccccc21)Nc1cc(C(F)(F)F)ccc1-n1cccn1. The van der Waals surface area contributed by atoms with Gasteiger partial charge in [-0.3, -0.25) is 4.79 Å². The summed E-state index contributed by atoms with van der Waals surface area (Å²) < 4.78 is 46.6. The Morgan fingerprint density at radius 3 is 2.79 bits per heavy atom. The van der Waals surface area contributed by atoms with Gasteiger partial charge in [0, 0.05) is 12.4 Å². The van der Waals surface area contributed by atoms with E-state index in [0.29, 0.717) is 12.3 Å². The lowest BCUT2D eigenvalue weighted by Gasteiger charge is -2.25. The summed E-state index contributed by atoms with van der Waals surface area (Å²) in [6.07, 6.45) is -1.07. The molecule has 1 aliphatic heterocycles. The predicted molar refractivity (Wildman–Crippen MR) is 101 cm³/mol. The second-order valence-electron chi connectivity index (χ2n) is 6.74. The number of rotatable bonds is 4. The molecule has 0 aliphatic carbocycles. The third-order valence-corrected chi connectivity index (χ3v) is 4.81. The van der Waals surface area contributed by atoms with Crippen LogP contribution in [0.1, 0.15) is 29.2 Å². The van der Waals surface area contributed by atoms with Crippen molar-refractivity contribution in [3.05, 3.63) is 77.6 Å². The maximum absolute atomic E-state index is 13.2. The molecule has 3 aromatic rings. The lowest BCUT2D eigenvalue weighted by atomic mass is 9.95. The Bertz CT molecular complexity index is 1020. The lowest BCUT2D eigenvalue weighted by molar-refractivity contribution is -0.137. The first-order chi connectivity index (χ1) is 13.9. The zero-order valence-corrected chi connectivity index (χ0v) is 15.3. The molecule has 0 unspecified atom stereocenters. The van der Waals surface area contributed by atoms with Crippen LogP contribution in [-0.4, -0.2) is 22.3 Å². The first kappa shape index (κ1) is 19.2. The molecule has 1 N–H and O–H groups in total. The van der Waals surface area contributed by atoms with E-state index in [4.69, 9.17) is 4.74 Å². The molecule has 4 rings (SSSR count). The molecule has 0 saturated heterocycles. The van der Waals surface area contributed by atoms with Crippen molar-refractivity contribution in [2.75, 3.05) is 11.9 Å². The average Bonchev–Trinajstić information content (AvgIpc) is 3.22. The average molecular weight is 401 g/mol. The van der Waals surface area contributed by atoms with Gasteiger partial charge in [-0.1, -0.05) is 24.3 Å². The summed E-state index contributed by atoms with van der Waals surface area (Å²) in [5, 5.41) is 6.66. The maximum atomic E-state index is 13.2. The molecule has 0 fully saturated rings. The number of amides is 1. The van der Waals surface area contributed by atoms with Gasteiger partial charge in [-0.05, 0) is 41.8 Å². The summed E-state index contributed by atoms with van der Waals surface area (Å²) in [6, 6.07) is 12.5. The van der Waals surface area contributed by atoms with E-state index in [1.807, 2.05) is 24.3 Å². The number of carbonyl (C=O) groups excluding carboxylic acids is 1. The molecule has 29 heavy (non-hydrogen) atoms. The number of aromatic nitrogens is 2. The van der Waals surface area contributed by atoms with Gasteiger partial charge < -0.3 is 10.1 Å². The molecule has 2 aromatic carbocycles. The van der Waals surface area contributed by atoms with Crippen molar-refractivity contribution in [2.24, 2.45) is 0 Å². The molecule has 1 aliphatic rings. The van der Waals surface area contributed by atoms with Crippen molar-refractivity contribution in [1.29, 1.82) is 0 Å². The number of nitrogens with zero attached hydrogens (tertiary/aromatic N) is 2. The van der Waals surface area contributed by atoms with Crippen molar-refractivity contribution in [3.8, 4) is 5.69 Å². The van der Waals surface area contributed by atoms with E-state index in [1.165, 1.54) is 16.9 Å². The van der Waals surface area contributed by atoms with Crippen LogP contribution in [0.4, 0.5) is 18.9 Å². The zero-order valence-electron chi connectivity index (χ0n) is 15.3. The minimum atomic E-state index is -4.52. The van der Waals surface area contributed by atoms with E-state index in [0.717, 1.165) is 29.7 Å². The van der Waals surface area contributed by atoms with Gasteiger partial charge in [0.15, 0.2) is 0 Å². The third kappa shape index (κ3) is 4.17. The number of nitrogens with one attached hydrogen (secondary N) is 1. The Morgan fingerprint density at radius 1 is 1.21 bits per heavy atom. The predicted octanol–water partition coefficient (Wildman–Crippen LogP) is 4.53. The second-order valence-corrected chi connectivity index (χ2v) is 6.74. The lowest BCUT2D eigenvalue weighted by Crippen LogP contribution is -2.23. The monoisotopic (exact) mass is 401 g/mol. The van der Waals surface area contributed by atoms with E-state index >= 15 is 0 Å². The Labute approximate surface area is 165 Å². The van der Waals surface area contributed by atoms with Crippen molar-refractivity contribution in [3.63, 3.8) is 0 Å². The van der Waals surface area contributed by atoms with Gasteiger partial charge in [-0.25, -0.2) is 4.68 Å². The summed E-state index contributed by atoms with van der Waals surface area (Å²) in [5.74, 6) is -0.431. The topological polar surface area (TPSA) is 56.1 Å². The molecule has 5 nitrogen and oxygen atoms in total. The van der Waals surface area contributed by atoms with Crippen molar-refractivity contribution >= 4 is 11.6 Å². The van der Waals surface area contributed by atoms with Gasteiger partial charge in [0.05, 0.1) is 36.1 Å². The van der Waals surface area contributed by atoms with Gasteiger partial charge in [-0.2, -0.15) is 18.3 Å². The number of hydrogen-bond acceptors (Lipinski definition) is 3. The number of alkyl halides is 3. The first-order valence-corrected chi connectivity index (χ1v) is 9.12. The molecular formula is C21H18F3N3O2. The highest BCUT2D eigenvalue weighted by atomic mass is 19.4. The molecule has 150 valence electrons. The highest BCUT2D eigenvalue weighted by Crippen LogP contribution is 2.34. The maximum Gasteiger partial charge on any atom is 0.416 e. The summed E-state index contributed by atoms with van der Waals surface area (Å²) in [5.41, 5.74) is 1.60. The van der Waals surface area contributed by atoms with Crippen molar-refractivity contribution in [1.82, 2.24) is 9.78 Å². The fourth-order valence-corrected chi connectivity index (χ4v) is 3.44. The molecule has 1 atom stereocenters. The van der Waals surface area contributed by atoms with E-state index in [1.54, 1.807) is 12.3 Å². The number of halogens is 3. The van der Waals surface area contributed by atoms with E-state index in [9.17, 15) is 18.0 Å². The van der Waals surface area contributed by atoms with Crippen LogP contribution in [0.5, 0.6) is 0 Å². The van der Waals surface area contributed by atoms with E-state index in [-0.39, 0.29) is 12.1 Å². The standard InChI is InChI=1S/C21H18F3N3O2/c22-21(23,24)15-6-7-18(27-10-3-9-25-27)17(12-15)26-20(28)13-19-16-5-2-1-4-14(16)8-11-29-19/h1-7,9-10,12,19H,8,11,13H2,(H,26,28)/t19-/m0/s1. The molecule has 1 aromatic heterocycles. The number of ether oxygens (including phenoxy) is 1. The van der Waals surface area contributed by atoms with Crippen molar-refractivity contribution in [2.45, 2.75) is 25.1 Å². The Hall–Kier alpha value is -3.13. The van der Waals surface area contributed by atoms with Crippen LogP contribution < -0.4 is 5.32 Å². The Morgan fingerprint density at radius 2 is 2.03 bits per heavy atom. The highest BCUT2D eigenvalue weighted by Gasteiger charge is 2.31. The third-order valence-electron chi connectivity index (χ3n) is 4.81. The second kappa shape index (κ2) is 7.71. The number of benzene rings is 2. The van der Waals surface area contributed by atoms with Gasteiger partial charge in [0.2, 0.25) is 5.91 Å². The van der Waals surface area contributed by atoms with E-state index in [2.05, 4.69) is 10.4 Å². The zero-order chi connectivity index (χ0) is 20.4. The summed E-state index contributed by atoms with van der Waals surface area (Å²) in [4.78, 5) is 12.7. The number of anilines is 1. The molecule has 0 bridgehead atoms. The minimum absolute atomic E-state index is 0.00576. The minimum Gasteiger partial charge on any atom is -0.373 e. The van der Waals surface area contributed by atoms with Crippen LogP contribution in [-0.2, 0) is 22.1 Å². The number of hydrogen-bond donors (Lipinski definition) is 1. The Kier molecular flexibility index (Phi) is 5.10. The Balaban J connectivity index is 1.59. The fourth-order valence-electron chi connectivity index (χ4n) is 3.44. The molecule has 1 amide bonds. The summed E-state index contributed by atoms with van der Waals surface area (Å²) in [6.45, 7) is 0.497. The van der Waals surface area contributed by atoms with Crippen LogP contribution in [0, 0.1) is 0 Å². The van der Waals surface area contributed by atoms with E-state index < -0.39 is 23.8 Å². The normalized spacial score (nSPS) is 16.3. The fraction of sp³-hybridized carbons (Fsp3) is 0.238. The van der Waals surface area contributed by atoms with Crippen LogP contribution >= 0.6 is 0 Å². The molecule has 2 heterocycles. The van der Waals surface area contributed by atoms with Gasteiger partial charge in [0.1, 0.15) is 0 Å².